The molecule has 2 N–H and O–H groups in total. The second kappa shape index (κ2) is 9.11. The molecule has 1 saturated carbocycles. The molecule has 4 atom stereocenters. The number of halogens is 2. The fourth-order valence-corrected chi connectivity index (χ4v) is 6.38. The summed E-state index contributed by atoms with van der Waals surface area (Å²) >= 11 is 0. The van der Waals surface area contributed by atoms with Gasteiger partial charge in [0.05, 0.1) is 31.1 Å². The minimum absolute atomic E-state index is 0.109. The van der Waals surface area contributed by atoms with E-state index in [1.54, 1.807) is 18.3 Å². The smallest absolute Gasteiger partial charge is 0.213 e. The molecule has 3 fully saturated rings. The van der Waals surface area contributed by atoms with Crippen molar-refractivity contribution in [2.45, 2.75) is 81.7 Å². The Morgan fingerprint density at radius 2 is 1.89 bits per heavy atom. The second-order valence-electron chi connectivity index (χ2n) is 11.3. The standard InChI is InChI=1S/C28H32F2N6O2/c1-27-9-4-10-28(2,35-27)25(30)21(13-27)36(17-6-7-17)23-15-32-26(34-33-23)18-8-5-16(11-22(18)37)19-12-24(38-3)31-14-20(19)29/h5,8,11-12,14-15,17,21,25,35,37H,4,6-7,9-10,13H2,1-3H3/t21-,25-,27-,28+/m0/s1. The van der Waals surface area contributed by atoms with Crippen molar-refractivity contribution in [3.63, 3.8) is 0 Å². The molecule has 200 valence electrons. The molecular weight excluding hydrogens is 490 g/mol. The molecule has 38 heavy (non-hydrogen) atoms. The van der Waals surface area contributed by atoms with Crippen molar-refractivity contribution in [2.75, 3.05) is 12.0 Å². The third-order valence-corrected chi connectivity index (χ3v) is 8.32. The van der Waals surface area contributed by atoms with Crippen molar-refractivity contribution in [1.82, 2.24) is 25.5 Å². The lowest BCUT2D eigenvalue weighted by molar-refractivity contribution is 0.000258. The summed E-state index contributed by atoms with van der Waals surface area (Å²) in [5, 5.41) is 23.1. The average molecular weight is 523 g/mol. The van der Waals surface area contributed by atoms with E-state index >= 15 is 4.39 Å². The van der Waals surface area contributed by atoms with Gasteiger partial charge in [0.15, 0.2) is 11.6 Å². The number of anilines is 1. The first-order chi connectivity index (χ1) is 18.2. The van der Waals surface area contributed by atoms with Crippen LogP contribution in [0, 0.1) is 5.82 Å². The fraction of sp³-hybridized carbons (Fsp3) is 0.500. The number of methoxy groups -OCH3 is 1. The fourth-order valence-electron chi connectivity index (χ4n) is 6.38. The Labute approximate surface area is 220 Å². The zero-order valence-corrected chi connectivity index (χ0v) is 21.8. The van der Waals surface area contributed by atoms with Gasteiger partial charge in [0.2, 0.25) is 5.88 Å². The van der Waals surface area contributed by atoms with Crippen molar-refractivity contribution in [2.24, 2.45) is 0 Å². The van der Waals surface area contributed by atoms with Crippen molar-refractivity contribution in [3.8, 4) is 34.1 Å². The number of hydrogen-bond acceptors (Lipinski definition) is 8. The average Bonchev–Trinajstić information content (AvgIpc) is 3.73. The van der Waals surface area contributed by atoms with Crippen LogP contribution in [0.3, 0.4) is 0 Å². The molecule has 6 rings (SSSR count). The molecule has 2 aliphatic heterocycles. The summed E-state index contributed by atoms with van der Waals surface area (Å²) in [6.07, 6.45) is 7.20. The first kappa shape index (κ1) is 24.9. The molecule has 2 saturated heterocycles. The molecule has 3 aliphatic rings. The van der Waals surface area contributed by atoms with E-state index < -0.39 is 17.5 Å². The number of nitrogens with zero attached hydrogens (tertiary/aromatic N) is 5. The number of aromatic hydroxyl groups is 1. The van der Waals surface area contributed by atoms with Gasteiger partial charge in [0.25, 0.3) is 0 Å². The Morgan fingerprint density at radius 1 is 1.08 bits per heavy atom. The lowest BCUT2D eigenvalue weighted by Crippen LogP contribution is -2.73. The Hall–Kier alpha value is -3.40. The van der Waals surface area contributed by atoms with E-state index in [-0.39, 0.29) is 40.6 Å². The van der Waals surface area contributed by atoms with Crippen LogP contribution in [0.2, 0.25) is 0 Å². The monoisotopic (exact) mass is 522 g/mol. The summed E-state index contributed by atoms with van der Waals surface area (Å²) in [5.74, 6) is 0.417. The molecule has 0 radical (unpaired) electrons. The van der Waals surface area contributed by atoms with Crippen LogP contribution in [0.4, 0.5) is 14.6 Å². The van der Waals surface area contributed by atoms with Crippen molar-refractivity contribution in [3.05, 3.63) is 42.5 Å². The van der Waals surface area contributed by atoms with E-state index in [1.807, 2.05) is 6.92 Å². The number of phenolic OH excluding ortho intramolecular Hbond substituents is 1. The van der Waals surface area contributed by atoms with E-state index in [1.165, 1.54) is 19.2 Å². The van der Waals surface area contributed by atoms with Gasteiger partial charge in [-0.3, -0.25) is 0 Å². The minimum Gasteiger partial charge on any atom is -0.507 e. The minimum atomic E-state index is -1.04. The Kier molecular flexibility index (Phi) is 5.97. The number of nitrogens with one attached hydrogen (secondary N) is 1. The molecular formula is C28H32F2N6O2. The first-order valence-corrected chi connectivity index (χ1v) is 13.1. The number of pyridine rings is 1. The van der Waals surface area contributed by atoms with Crippen LogP contribution in [0.15, 0.2) is 36.7 Å². The number of aromatic nitrogens is 4. The number of alkyl halides is 1. The Balaban J connectivity index is 1.28. The summed E-state index contributed by atoms with van der Waals surface area (Å²) in [6.45, 7) is 4.20. The van der Waals surface area contributed by atoms with Gasteiger partial charge in [-0.15, -0.1) is 10.2 Å². The van der Waals surface area contributed by atoms with E-state index in [0.717, 1.165) is 38.3 Å². The van der Waals surface area contributed by atoms with Crippen molar-refractivity contribution < 1.29 is 18.6 Å². The largest absolute Gasteiger partial charge is 0.507 e. The van der Waals surface area contributed by atoms with Crippen LogP contribution in [-0.2, 0) is 0 Å². The summed E-state index contributed by atoms with van der Waals surface area (Å²) in [4.78, 5) is 10.4. The van der Waals surface area contributed by atoms with Gasteiger partial charge >= 0.3 is 0 Å². The maximum absolute atomic E-state index is 16.0. The van der Waals surface area contributed by atoms with E-state index in [9.17, 15) is 9.50 Å². The summed E-state index contributed by atoms with van der Waals surface area (Å²) in [5.41, 5.74) is 0.409. The molecule has 3 aromatic rings. The number of benzene rings is 1. The highest BCUT2D eigenvalue weighted by Crippen LogP contribution is 2.46. The zero-order chi connectivity index (χ0) is 26.7. The third-order valence-electron chi connectivity index (χ3n) is 8.32. The molecule has 8 nitrogen and oxygen atoms in total. The highest BCUT2D eigenvalue weighted by molar-refractivity contribution is 5.73. The normalized spacial score (nSPS) is 28.7. The molecule has 0 unspecified atom stereocenters. The van der Waals surface area contributed by atoms with Crippen LogP contribution in [0.5, 0.6) is 11.6 Å². The molecule has 2 bridgehead atoms. The third kappa shape index (κ3) is 4.34. The summed E-state index contributed by atoms with van der Waals surface area (Å²) in [6, 6.07) is 6.14. The lowest BCUT2D eigenvalue weighted by Gasteiger charge is -2.57. The van der Waals surface area contributed by atoms with Gasteiger partial charge in [-0.25, -0.2) is 18.7 Å². The molecule has 4 heterocycles. The van der Waals surface area contributed by atoms with Crippen LogP contribution in [0.1, 0.15) is 52.4 Å². The number of phenols is 1. The molecule has 0 amide bonds. The maximum atomic E-state index is 16.0. The zero-order valence-electron chi connectivity index (χ0n) is 21.8. The number of rotatable bonds is 6. The van der Waals surface area contributed by atoms with Crippen LogP contribution in [-0.4, -0.2) is 61.7 Å². The lowest BCUT2D eigenvalue weighted by atomic mass is 9.68. The van der Waals surface area contributed by atoms with Crippen LogP contribution >= 0.6 is 0 Å². The van der Waals surface area contributed by atoms with Gasteiger partial charge in [0.1, 0.15) is 17.7 Å². The van der Waals surface area contributed by atoms with Crippen molar-refractivity contribution in [1.29, 1.82) is 0 Å². The van der Waals surface area contributed by atoms with Crippen molar-refractivity contribution >= 4 is 5.82 Å². The van der Waals surface area contributed by atoms with E-state index in [4.69, 9.17) is 4.74 Å². The predicted octanol–water partition coefficient (Wildman–Crippen LogP) is 4.82. The van der Waals surface area contributed by atoms with Crippen LogP contribution in [0.25, 0.3) is 22.5 Å². The Bertz CT molecular complexity index is 1350. The second-order valence-corrected chi connectivity index (χ2v) is 11.3. The number of fused-ring (bicyclic) bond motifs is 2. The van der Waals surface area contributed by atoms with Gasteiger partial charge in [0, 0.05) is 28.7 Å². The molecule has 2 aromatic heterocycles. The predicted molar refractivity (Wildman–Crippen MR) is 139 cm³/mol. The molecule has 0 spiro atoms. The highest BCUT2D eigenvalue weighted by atomic mass is 19.1. The SMILES string of the molecule is COc1cc(-c2ccc(-c3ncc(N(C4CC4)[C@H]4C[C@]5(C)CCC[C@@](C)(N5)[C@H]4F)nn3)c(O)c2)c(F)cn1. The first-order valence-electron chi connectivity index (χ1n) is 13.1. The summed E-state index contributed by atoms with van der Waals surface area (Å²) < 4.78 is 35.5. The quantitative estimate of drug-likeness (QED) is 0.476. The number of hydrogen-bond donors (Lipinski definition) is 2. The highest BCUT2D eigenvalue weighted by Gasteiger charge is 2.55. The molecule has 1 aromatic carbocycles. The topological polar surface area (TPSA) is 96.3 Å². The maximum Gasteiger partial charge on any atom is 0.213 e. The van der Waals surface area contributed by atoms with E-state index in [2.05, 4.69) is 37.3 Å². The van der Waals surface area contributed by atoms with Gasteiger partial charge in [-0.1, -0.05) is 6.07 Å². The van der Waals surface area contributed by atoms with Gasteiger partial charge in [-0.2, -0.15) is 0 Å². The summed E-state index contributed by atoms with van der Waals surface area (Å²) in [7, 11) is 1.45. The van der Waals surface area contributed by atoms with Gasteiger partial charge in [-0.05, 0) is 70.1 Å². The number of piperidine rings is 2. The van der Waals surface area contributed by atoms with Crippen LogP contribution < -0.4 is 15.0 Å². The Morgan fingerprint density at radius 3 is 2.58 bits per heavy atom. The van der Waals surface area contributed by atoms with E-state index in [0.29, 0.717) is 23.4 Å². The molecule has 10 heteroatoms. The molecule has 1 aliphatic carbocycles. The number of ether oxygens (including phenoxy) is 1. The van der Waals surface area contributed by atoms with Gasteiger partial charge < -0.3 is 20.1 Å².